The number of anilines is 2. The number of likely N-dealkylation sites (N-methyl/N-ethyl adjacent to an activating group) is 1. The average molecular weight is 330 g/mol. The second-order valence-corrected chi connectivity index (χ2v) is 6.85. The minimum atomic E-state index is -0.226. The highest BCUT2D eigenvalue weighted by Gasteiger charge is 2.33. The number of quaternary nitrogens is 1. The predicted octanol–water partition coefficient (Wildman–Crippen LogP) is 1.14. The van der Waals surface area contributed by atoms with Crippen molar-refractivity contribution >= 4 is 34.5 Å². The molecule has 0 spiro atoms. The monoisotopic (exact) mass is 330 g/mol. The van der Waals surface area contributed by atoms with Crippen LogP contribution in [0.5, 0.6) is 0 Å². The number of thiophene rings is 1. The van der Waals surface area contributed by atoms with E-state index in [0.717, 1.165) is 17.1 Å². The summed E-state index contributed by atoms with van der Waals surface area (Å²) < 4.78 is 0. The molecular weight excluding hydrogens is 310 g/mol. The topological polar surface area (TPSA) is 53.9 Å². The van der Waals surface area contributed by atoms with Crippen LogP contribution in [0.25, 0.3) is 0 Å². The van der Waals surface area contributed by atoms with E-state index in [1.807, 2.05) is 49.7 Å². The predicted molar refractivity (Wildman–Crippen MR) is 91.8 cm³/mol. The molecule has 1 aromatic heterocycles. The van der Waals surface area contributed by atoms with Crippen molar-refractivity contribution in [1.82, 2.24) is 0 Å². The van der Waals surface area contributed by atoms with Crippen molar-refractivity contribution in [1.29, 1.82) is 0 Å². The largest absolute Gasteiger partial charge is 0.323 e. The normalized spacial score (nSPS) is 16.4. The van der Waals surface area contributed by atoms with Crippen LogP contribution in [0.2, 0.25) is 0 Å². The van der Waals surface area contributed by atoms with Crippen LogP contribution in [0.15, 0.2) is 41.8 Å². The standard InChI is InChI=1S/C17H19N3O2S/c1-12(19(2)10-13-6-5-9-23-13)17(22)20-11-16(21)18-14-7-3-4-8-15(14)20/h3-9,12H,10-11H2,1-2H3,(H,18,21)/p+1/t12-/m0/s1. The molecule has 2 N–H and O–H groups in total. The average Bonchev–Trinajstić information content (AvgIpc) is 3.05. The molecule has 1 unspecified atom stereocenters. The second-order valence-electron chi connectivity index (χ2n) is 5.81. The van der Waals surface area contributed by atoms with Gasteiger partial charge in [-0.2, -0.15) is 0 Å². The van der Waals surface area contributed by atoms with E-state index in [-0.39, 0.29) is 24.4 Å². The lowest BCUT2D eigenvalue weighted by Crippen LogP contribution is -3.12. The Labute approximate surface area is 139 Å². The maximum atomic E-state index is 12.9. The first kappa shape index (κ1) is 15.7. The highest BCUT2D eigenvalue weighted by Crippen LogP contribution is 2.29. The van der Waals surface area contributed by atoms with E-state index in [2.05, 4.69) is 11.4 Å². The van der Waals surface area contributed by atoms with Crippen LogP contribution in [0.3, 0.4) is 0 Å². The molecule has 0 aliphatic carbocycles. The van der Waals surface area contributed by atoms with E-state index >= 15 is 0 Å². The van der Waals surface area contributed by atoms with Gasteiger partial charge in [0.05, 0.1) is 23.3 Å². The fraction of sp³-hybridized carbons (Fsp3) is 0.294. The van der Waals surface area contributed by atoms with E-state index in [9.17, 15) is 9.59 Å². The Morgan fingerprint density at radius 2 is 2.13 bits per heavy atom. The van der Waals surface area contributed by atoms with Crippen LogP contribution < -0.4 is 15.1 Å². The van der Waals surface area contributed by atoms with Crippen molar-refractivity contribution in [3.05, 3.63) is 46.7 Å². The lowest BCUT2D eigenvalue weighted by Gasteiger charge is -2.32. The molecule has 2 aromatic rings. The first-order valence-electron chi connectivity index (χ1n) is 7.61. The fourth-order valence-corrected chi connectivity index (χ4v) is 3.52. The summed E-state index contributed by atoms with van der Waals surface area (Å²) in [4.78, 5) is 28.7. The molecule has 2 atom stereocenters. The minimum absolute atomic E-state index is 0.0265. The number of carbonyl (C=O) groups excluding carboxylic acids is 2. The van der Waals surface area contributed by atoms with Gasteiger partial charge >= 0.3 is 0 Å². The Kier molecular flexibility index (Phi) is 4.45. The third kappa shape index (κ3) is 3.28. The second kappa shape index (κ2) is 6.52. The number of fused-ring (bicyclic) bond motifs is 1. The highest BCUT2D eigenvalue weighted by atomic mass is 32.1. The number of rotatable bonds is 4. The molecular formula is C17H20N3O2S+. The molecule has 0 radical (unpaired) electrons. The molecule has 1 aliphatic heterocycles. The zero-order valence-corrected chi connectivity index (χ0v) is 14.0. The Bertz CT molecular complexity index is 714. The highest BCUT2D eigenvalue weighted by molar-refractivity contribution is 7.09. The first-order valence-corrected chi connectivity index (χ1v) is 8.49. The number of nitrogens with zero attached hydrogens (tertiary/aromatic N) is 1. The van der Waals surface area contributed by atoms with E-state index in [4.69, 9.17) is 0 Å². The molecule has 2 amide bonds. The van der Waals surface area contributed by atoms with Crippen molar-refractivity contribution in [2.24, 2.45) is 0 Å². The van der Waals surface area contributed by atoms with Crippen LogP contribution >= 0.6 is 11.3 Å². The summed E-state index contributed by atoms with van der Waals surface area (Å²) in [7, 11) is 2.01. The molecule has 3 rings (SSSR count). The minimum Gasteiger partial charge on any atom is -0.323 e. The molecule has 23 heavy (non-hydrogen) atoms. The molecule has 0 fully saturated rings. The van der Waals surface area contributed by atoms with E-state index in [0.29, 0.717) is 5.69 Å². The maximum absolute atomic E-state index is 12.9. The van der Waals surface area contributed by atoms with E-state index < -0.39 is 0 Å². The zero-order valence-electron chi connectivity index (χ0n) is 13.2. The van der Waals surface area contributed by atoms with Crippen molar-refractivity contribution in [2.45, 2.75) is 19.5 Å². The first-order chi connectivity index (χ1) is 11.1. The van der Waals surface area contributed by atoms with Crippen molar-refractivity contribution in [3.8, 4) is 0 Å². The van der Waals surface area contributed by atoms with Crippen LogP contribution in [0, 0.1) is 0 Å². The van der Waals surface area contributed by atoms with E-state index in [1.165, 1.54) is 4.88 Å². The lowest BCUT2D eigenvalue weighted by molar-refractivity contribution is -0.907. The Hall–Kier alpha value is -2.18. The Morgan fingerprint density at radius 1 is 1.35 bits per heavy atom. The molecule has 0 bridgehead atoms. The molecule has 6 heteroatoms. The molecule has 1 aromatic carbocycles. The third-order valence-corrected chi connectivity index (χ3v) is 5.06. The van der Waals surface area contributed by atoms with Crippen molar-refractivity contribution < 1.29 is 14.5 Å². The van der Waals surface area contributed by atoms with Gasteiger partial charge in [0.1, 0.15) is 13.1 Å². The van der Waals surface area contributed by atoms with Gasteiger partial charge in [-0.1, -0.05) is 18.2 Å². The van der Waals surface area contributed by atoms with Gasteiger partial charge < -0.3 is 10.2 Å². The number of amides is 2. The number of hydrogen-bond donors (Lipinski definition) is 2. The number of nitrogens with one attached hydrogen (secondary N) is 2. The van der Waals surface area contributed by atoms with E-state index in [1.54, 1.807) is 16.2 Å². The molecule has 0 saturated carbocycles. The third-order valence-electron chi connectivity index (χ3n) is 4.18. The smallest absolute Gasteiger partial charge is 0.285 e. The number of carbonyl (C=O) groups is 2. The van der Waals surface area contributed by atoms with Gasteiger partial charge in [-0.15, -0.1) is 11.3 Å². The van der Waals surface area contributed by atoms with Crippen LogP contribution in [-0.4, -0.2) is 31.4 Å². The summed E-state index contributed by atoms with van der Waals surface area (Å²) in [5.74, 6) is -0.179. The van der Waals surface area contributed by atoms with Gasteiger partial charge in [-0.3, -0.25) is 14.5 Å². The summed E-state index contributed by atoms with van der Waals surface area (Å²) >= 11 is 1.70. The summed E-state index contributed by atoms with van der Waals surface area (Å²) in [6, 6.07) is 11.3. The fourth-order valence-electron chi connectivity index (χ4n) is 2.72. The molecule has 0 saturated heterocycles. The Morgan fingerprint density at radius 3 is 2.87 bits per heavy atom. The molecule has 120 valence electrons. The number of hydrogen-bond acceptors (Lipinski definition) is 3. The molecule has 5 nitrogen and oxygen atoms in total. The van der Waals surface area contributed by atoms with Gasteiger partial charge in [-0.25, -0.2) is 0 Å². The van der Waals surface area contributed by atoms with Gasteiger partial charge in [0, 0.05) is 0 Å². The van der Waals surface area contributed by atoms with Gasteiger partial charge in [0.2, 0.25) is 5.91 Å². The maximum Gasteiger partial charge on any atom is 0.285 e. The van der Waals surface area contributed by atoms with Gasteiger partial charge in [0.25, 0.3) is 5.91 Å². The number of para-hydroxylation sites is 2. The Balaban J connectivity index is 1.78. The zero-order chi connectivity index (χ0) is 16.4. The summed E-state index contributed by atoms with van der Waals surface area (Å²) in [6.45, 7) is 2.79. The van der Waals surface area contributed by atoms with Crippen molar-refractivity contribution in [3.63, 3.8) is 0 Å². The quantitative estimate of drug-likeness (QED) is 0.883. The van der Waals surface area contributed by atoms with Gasteiger partial charge in [0.15, 0.2) is 6.04 Å². The SMILES string of the molecule is C[C@@H](C(=O)N1CC(=O)Nc2ccccc21)[NH+](C)Cc1cccs1. The number of benzene rings is 1. The van der Waals surface area contributed by atoms with Crippen LogP contribution in [0.4, 0.5) is 11.4 Å². The molecule has 2 heterocycles. The van der Waals surface area contributed by atoms with Crippen molar-refractivity contribution in [2.75, 3.05) is 23.8 Å². The van der Waals surface area contributed by atoms with Crippen LogP contribution in [-0.2, 0) is 16.1 Å². The summed E-state index contributed by atoms with van der Waals surface area (Å²) in [6.07, 6.45) is 0. The summed E-state index contributed by atoms with van der Waals surface area (Å²) in [5, 5.41) is 4.85. The summed E-state index contributed by atoms with van der Waals surface area (Å²) in [5.41, 5.74) is 1.47. The van der Waals surface area contributed by atoms with Gasteiger partial charge in [-0.05, 0) is 30.5 Å². The molecule has 1 aliphatic rings. The van der Waals surface area contributed by atoms with Crippen LogP contribution in [0.1, 0.15) is 11.8 Å². The lowest BCUT2D eigenvalue weighted by atomic mass is 10.1.